The number of aliphatic carboxylic acids is 1. The zero-order chi connectivity index (χ0) is 15.8. The van der Waals surface area contributed by atoms with Crippen LogP contribution in [0.25, 0.3) is 0 Å². The van der Waals surface area contributed by atoms with E-state index in [4.69, 9.17) is 9.84 Å². The van der Waals surface area contributed by atoms with Gasteiger partial charge >= 0.3 is 5.97 Å². The molecule has 0 spiro atoms. The van der Waals surface area contributed by atoms with Crippen LogP contribution in [0.15, 0.2) is 24.3 Å². The summed E-state index contributed by atoms with van der Waals surface area (Å²) in [6.07, 6.45) is 0.0218. The van der Waals surface area contributed by atoms with E-state index in [-0.39, 0.29) is 12.3 Å². The highest BCUT2D eigenvalue weighted by molar-refractivity contribution is 5.94. The van der Waals surface area contributed by atoms with Crippen LogP contribution >= 0.6 is 0 Å². The van der Waals surface area contributed by atoms with Crippen molar-refractivity contribution in [1.82, 2.24) is 4.90 Å². The highest BCUT2D eigenvalue weighted by Crippen LogP contribution is 2.15. The van der Waals surface area contributed by atoms with Crippen LogP contribution in [0.3, 0.4) is 0 Å². The summed E-state index contributed by atoms with van der Waals surface area (Å²) in [5.41, 5.74) is 0.682. The van der Waals surface area contributed by atoms with E-state index in [0.29, 0.717) is 18.8 Å². The van der Waals surface area contributed by atoms with Crippen molar-refractivity contribution in [3.63, 3.8) is 0 Å². The number of nitrogens with one attached hydrogen (secondary N) is 1. The molecule has 0 heterocycles. The lowest BCUT2D eigenvalue weighted by Gasteiger charge is -2.26. The van der Waals surface area contributed by atoms with Gasteiger partial charge in [0.1, 0.15) is 5.75 Å². The molecule has 0 radical (unpaired) electrons. The molecule has 1 atom stereocenters. The monoisotopic (exact) mass is 294 g/mol. The van der Waals surface area contributed by atoms with Gasteiger partial charge in [0.05, 0.1) is 19.6 Å². The van der Waals surface area contributed by atoms with Crippen LogP contribution in [0.1, 0.15) is 20.3 Å². The van der Waals surface area contributed by atoms with Crippen LogP contribution in [-0.2, 0) is 9.59 Å². The number of hydrogen-bond acceptors (Lipinski definition) is 4. The summed E-state index contributed by atoms with van der Waals surface area (Å²) in [4.78, 5) is 24.6. The molecule has 116 valence electrons. The average Bonchev–Trinajstić information content (AvgIpc) is 2.48. The summed E-state index contributed by atoms with van der Waals surface area (Å²) in [7, 11) is 1.58. The maximum absolute atomic E-state index is 12.2. The second-order valence-electron chi connectivity index (χ2n) is 4.67. The predicted octanol–water partition coefficient (Wildman–Crippen LogP) is 1.82. The fraction of sp³-hybridized carbons (Fsp3) is 0.467. The first-order valence-electron chi connectivity index (χ1n) is 6.88. The summed E-state index contributed by atoms with van der Waals surface area (Å²) >= 11 is 0. The first kappa shape index (κ1) is 17.0. The number of benzene rings is 1. The van der Waals surface area contributed by atoms with Crippen molar-refractivity contribution >= 4 is 17.6 Å². The first-order valence-corrected chi connectivity index (χ1v) is 6.88. The second kappa shape index (κ2) is 8.26. The number of carbonyl (C=O) groups excluding carboxylic acids is 1. The van der Waals surface area contributed by atoms with E-state index in [1.54, 1.807) is 38.3 Å². The lowest BCUT2D eigenvalue weighted by Crippen LogP contribution is -2.42. The predicted molar refractivity (Wildman–Crippen MR) is 80.6 cm³/mol. The smallest absolute Gasteiger partial charge is 0.304 e. The van der Waals surface area contributed by atoms with Gasteiger partial charge in [-0.3, -0.25) is 14.5 Å². The SMILES string of the molecule is CCN(CCC(=O)O)C(C)C(=O)Nc1ccc(OC)cc1. The molecule has 0 saturated heterocycles. The van der Waals surface area contributed by atoms with E-state index in [1.807, 2.05) is 11.8 Å². The third-order valence-electron chi connectivity index (χ3n) is 3.30. The average molecular weight is 294 g/mol. The van der Waals surface area contributed by atoms with Gasteiger partial charge in [-0.25, -0.2) is 0 Å². The molecule has 6 nitrogen and oxygen atoms in total. The van der Waals surface area contributed by atoms with Gasteiger partial charge in [0.2, 0.25) is 5.91 Å². The number of nitrogens with zero attached hydrogens (tertiary/aromatic N) is 1. The number of ether oxygens (including phenoxy) is 1. The number of methoxy groups -OCH3 is 1. The number of amides is 1. The lowest BCUT2D eigenvalue weighted by atomic mass is 10.2. The van der Waals surface area contributed by atoms with E-state index < -0.39 is 12.0 Å². The molecule has 0 aliphatic carbocycles. The minimum Gasteiger partial charge on any atom is -0.497 e. The largest absolute Gasteiger partial charge is 0.497 e. The maximum Gasteiger partial charge on any atom is 0.304 e. The molecular formula is C15H22N2O4. The molecule has 1 unspecified atom stereocenters. The lowest BCUT2D eigenvalue weighted by molar-refractivity contribution is -0.138. The van der Waals surface area contributed by atoms with Gasteiger partial charge in [0.15, 0.2) is 0 Å². The number of rotatable bonds is 8. The van der Waals surface area contributed by atoms with Gasteiger partial charge in [-0.15, -0.1) is 0 Å². The third-order valence-corrected chi connectivity index (χ3v) is 3.30. The van der Waals surface area contributed by atoms with Crippen molar-refractivity contribution in [1.29, 1.82) is 0 Å². The summed E-state index contributed by atoms with van der Waals surface area (Å²) in [6, 6.07) is 6.66. The number of carboxylic acid groups (broad SMARTS) is 1. The van der Waals surface area contributed by atoms with E-state index >= 15 is 0 Å². The topological polar surface area (TPSA) is 78.9 Å². The molecular weight excluding hydrogens is 272 g/mol. The summed E-state index contributed by atoms with van der Waals surface area (Å²) in [5.74, 6) is -0.304. The van der Waals surface area contributed by atoms with Crippen molar-refractivity contribution in [2.24, 2.45) is 0 Å². The van der Waals surface area contributed by atoms with Gasteiger partial charge in [0.25, 0.3) is 0 Å². The van der Waals surface area contributed by atoms with Crippen molar-refractivity contribution in [2.45, 2.75) is 26.3 Å². The van der Waals surface area contributed by atoms with Crippen molar-refractivity contribution in [3.8, 4) is 5.75 Å². The summed E-state index contributed by atoms with van der Waals surface area (Å²) < 4.78 is 5.06. The Kier molecular flexibility index (Phi) is 6.68. The zero-order valence-corrected chi connectivity index (χ0v) is 12.6. The molecule has 0 aromatic heterocycles. The first-order chi connectivity index (χ1) is 9.97. The van der Waals surface area contributed by atoms with E-state index in [0.717, 1.165) is 5.75 Å². The highest BCUT2D eigenvalue weighted by Gasteiger charge is 2.20. The van der Waals surface area contributed by atoms with E-state index in [1.165, 1.54) is 0 Å². The Morgan fingerprint density at radius 3 is 2.43 bits per heavy atom. The van der Waals surface area contributed by atoms with Gasteiger partial charge in [-0.1, -0.05) is 6.92 Å². The number of anilines is 1. The normalized spacial score (nSPS) is 12.0. The quantitative estimate of drug-likeness (QED) is 0.764. The number of carboxylic acids is 1. The molecule has 6 heteroatoms. The van der Waals surface area contributed by atoms with Crippen LogP contribution in [0, 0.1) is 0 Å². The van der Waals surface area contributed by atoms with Gasteiger partial charge < -0.3 is 15.2 Å². The Hall–Kier alpha value is -2.08. The molecule has 0 aliphatic heterocycles. The van der Waals surface area contributed by atoms with Crippen LogP contribution in [-0.4, -0.2) is 48.1 Å². The minimum atomic E-state index is -0.865. The van der Waals surface area contributed by atoms with Crippen LogP contribution in [0.5, 0.6) is 5.75 Å². The Morgan fingerprint density at radius 1 is 1.33 bits per heavy atom. The molecule has 1 rings (SSSR count). The standard InChI is InChI=1S/C15H22N2O4/c1-4-17(10-9-14(18)19)11(2)15(20)16-12-5-7-13(21-3)8-6-12/h5-8,11H,4,9-10H2,1-3H3,(H,16,20)(H,18,19). The molecule has 1 amide bonds. The molecule has 1 aromatic carbocycles. The van der Waals surface area contributed by atoms with Gasteiger partial charge in [0, 0.05) is 12.2 Å². The molecule has 21 heavy (non-hydrogen) atoms. The molecule has 0 fully saturated rings. The van der Waals surface area contributed by atoms with Gasteiger partial charge in [-0.05, 0) is 37.7 Å². The number of carbonyl (C=O) groups is 2. The Morgan fingerprint density at radius 2 is 1.95 bits per heavy atom. The number of hydrogen-bond donors (Lipinski definition) is 2. The van der Waals surface area contributed by atoms with Crippen LogP contribution in [0.4, 0.5) is 5.69 Å². The fourth-order valence-corrected chi connectivity index (χ4v) is 1.95. The summed E-state index contributed by atoms with van der Waals surface area (Å²) in [5, 5.41) is 11.5. The van der Waals surface area contributed by atoms with Crippen molar-refractivity contribution < 1.29 is 19.4 Å². The minimum absolute atomic E-state index is 0.0218. The van der Waals surface area contributed by atoms with Crippen LogP contribution < -0.4 is 10.1 Å². The Labute approximate surface area is 124 Å². The second-order valence-corrected chi connectivity index (χ2v) is 4.67. The Bertz CT molecular complexity index is 473. The van der Waals surface area contributed by atoms with Crippen molar-refractivity contribution in [3.05, 3.63) is 24.3 Å². The maximum atomic E-state index is 12.2. The van der Waals surface area contributed by atoms with Crippen LogP contribution in [0.2, 0.25) is 0 Å². The molecule has 2 N–H and O–H groups in total. The third kappa shape index (κ3) is 5.43. The zero-order valence-electron chi connectivity index (χ0n) is 12.6. The highest BCUT2D eigenvalue weighted by atomic mass is 16.5. The molecule has 1 aromatic rings. The van der Waals surface area contributed by atoms with E-state index in [9.17, 15) is 9.59 Å². The Balaban J connectivity index is 2.60. The fourth-order valence-electron chi connectivity index (χ4n) is 1.95. The molecule has 0 bridgehead atoms. The number of likely N-dealkylation sites (N-methyl/N-ethyl adjacent to an activating group) is 1. The summed E-state index contributed by atoms with van der Waals surface area (Å²) in [6.45, 7) is 4.64. The van der Waals surface area contributed by atoms with Crippen molar-refractivity contribution in [2.75, 3.05) is 25.5 Å². The molecule has 0 saturated carbocycles. The van der Waals surface area contributed by atoms with E-state index in [2.05, 4.69) is 5.32 Å². The van der Waals surface area contributed by atoms with Gasteiger partial charge in [-0.2, -0.15) is 0 Å². The molecule has 0 aliphatic rings.